The maximum atomic E-state index is 14.1. The third-order valence-corrected chi connectivity index (χ3v) is 5.59. The SMILES string of the molecule is C[NH+](C)CCN(C(=O)c1cc2ccccc2oc1=O)c1nc2c(F)cccc2s1. The first kappa shape index (κ1) is 19.2. The summed E-state index contributed by atoms with van der Waals surface area (Å²) in [7, 11) is 3.93. The average Bonchev–Trinajstić information content (AvgIpc) is 3.12. The van der Waals surface area contributed by atoms with Crippen LogP contribution in [-0.2, 0) is 0 Å². The van der Waals surface area contributed by atoms with Gasteiger partial charge in [-0.25, -0.2) is 14.2 Å². The van der Waals surface area contributed by atoms with Crippen molar-refractivity contribution >= 4 is 43.6 Å². The van der Waals surface area contributed by atoms with Gasteiger partial charge in [0.1, 0.15) is 22.5 Å². The number of anilines is 1. The molecule has 2 heterocycles. The summed E-state index contributed by atoms with van der Waals surface area (Å²) in [5, 5.41) is 1.01. The van der Waals surface area contributed by atoms with Gasteiger partial charge in [-0.3, -0.25) is 9.69 Å². The molecule has 2 aromatic heterocycles. The first-order valence-corrected chi connectivity index (χ1v) is 9.94. The summed E-state index contributed by atoms with van der Waals surface area (Å²) < 4.78 is 20.1. The Hall–Kier alpha value is -3.10. The van der Waals surface area contributed by atoms with E-state index < -0.39 is 17.3 Å². The maximum absolute atomic E-state index is 14.1. The molecule has 1 amide bonds. The minimum Gasteiger partial charge on any atom is -0.422 e. The number of benzene rings is 2. The number of aromatic nitrogens is 1. The van der Waals surface area contributed by atoms with Gasteiger partial charge in [0.2, 0.25) is 0 Å². The Bertz CT molecular complexity index is 1260. The van der Waals surface area contributed by atoms with Gasteiger partial charge in [-0.15, -0.1) is 0 Å². The fourth-order valence-electron chi connectivity index (χ4n) is 2.99. The Labute approximate surface area is 169 Å². The van der Waals surface area contributed by atoms with Gasteiger partial charge in [0.05, 0.1) is 31.9 Å². The molecule has 4 rings (SSSR count). The number of fused-ring (bicyclic) bond motifs is 2. The van der Waals surface area contributed by atoms with Crippen LogP contribution < -0.4 is 15.4 Å². The van der Waals surface area contributed by atoms with Crippen LogP contribution in [0.3, 0.4) is 0 Å². The minimum atomic E-state index is -0.705. The smallest absolute Gasteiger partial charge is 0.349 e. The van der Waals surface area contributed by atoms with Crippen molar-refractivity contribution in [3.63, 3.8) is 0 Å². The van der Waals surface area contributed by atoms with E-state index in [1.165, 1.54) is 28.4 Å². The molecule has 0 aliphatic carbocycles. The lowest BCUT2D eigenvalue weighted by Gasteiger charge is -2.20. The molecule has 4 aromatic rings. The second kappa shape index (κ2) is 7.73. The molecule has 29 heavy (non-hydrogen) atoms. The summed E-state index contributed by atoms with van der Waals surface area (Å²) in [6, 6.07) is 13.2. The Morgan fingerprint density at radius 3 is 2.76 bits per heavy atom. The summed E-state index contributed by atoms with van der Waals surface area (Å²) in [5.41, 5.74) is -0.145. The number of hydrogen-bond donors (Lipinski definition) is 1. The van der Waals surface area contributed by atoms with Crippen molar-refractivity contribution in [2.45, 2.75) is 0 Å². The van der Waals surface area contributed by atoms with E-state index in [2.05, 4.69) is 4.98 Å². The molecule has 0 saturated heterocycles. The zero-order valence-electron chi connectivity index (χ0n) is 15.9. The zero-order chi connectivity index (χ0) is 20.5. The lowest BCUT2D eigenvalue weighted by molar-refractivity contribution is -0.856. The monoisotopic (exact) mass is 412 g/mol. The van der Waals surface area contributed by atoms with Crippen LogP contribution in [0.5, 0.6) is 0 Å². The zero-order valence-corrected chi connectivity index (χ0v) is 16.8. The number of halogens is 1. The lowest BCUT2D eigenvalue weighted by Crippen LogP contribution is -3.06. The molecule has 148 valence electrons. The standard InChI is InChI=1S/C21H18FN3O3S/c1-24(2)10-11-25(21-23-18-15(22)7-5-9-17(18)29-21)19(26)14-12-13-6-3-4-8-16(13)28-20(14)27/h3-9,12H,10-11H2,1-2H3/p+1. The molecule has 0 aliphatic rings. The number of amides is 1. The van der Waals surface area contributed by atoms with Crippen molar-refractivity contribution in [2.75, 3.05) is 32.1 Å². The van der Waals surface area contributed by atoms with Crippen molar-refractivity contribution < 1.29 is 18.5 Å². The van der Waals surface area contributed by atoms with Crippen LogP contribution >= 0.6 is 11.3 Å². The molecule has 0 bridgehead atoms. The highest BCUT2D eigenvalue weighted by Crippen LogP contribution is 2.31. The van der Waals surface area contributed by atoms with E-state index in [-0.39, 0.29) is 11.1 Å². The summed E-state index contributed by atoms with van der Waals surface area (Å²) in [6.45, 7) is 0.956. The van der Waals surface area contributed by atoms with E-state index in [1.807, 2.05) is 14.1 Å². The normalized spacial score (nSPS) is 11.4. The van der Waals surface area contributed by atoms with E-state index in [0.29, 0.717) is 33.9 Å². The van der Waals surface area contributed by atoms with E-state index in [1.54, 1.807) is 36.4 Å². The van der Waals surface area contributed by atoms with Gasteiger partial charge in [0, 0.05) is 5.39 Å². The van der Waals surface area contributed by atoms with Crippen molar-refractivity contribution in [3.05, 3.63) is 70.3 Å². The Morgan fingerprint density at radius 1 is 1.21 bits per heavy atom. The Kier molecular flexibility index (Phi) is 5.12. The van der Waals surface area contributed by atoms with Crippen LogP contribution in [0.4, 0.5) is 9.52 Å². The third kappa shape index (κ3) is 3.76. The van der Waals surface area contributed by atoms with Crippen LogP contribution in [0, 0.1) is 5.82 Å². The van der Waals surface area contributed by atoms with Crippen LogP contribution in [0.1, 0.15) is 10.4 Å². The molecule has 6 nitrogen and oxygen atoms in total. The first-order chi connectivity index (χ1) is 13.9. The highest BCUT2D eigenvalue weighted by molar-refractivity contribution is 7.22. The van der Waals surface area contributed by atoms with E-state index in [9.17, 15) is 14.0 Å². The largest absolute Gasteiger partial charge is 0.422 e. The van der Waals surface area contributed by atoms with Crippen LogP contribution in [0.2, 0.25) is 0 Å². The number of para-hydroxylation sites is 2. The molecule has 0 fully saturated rings. The number of nitrogens with zero attached hydrogens (tertiary/aromatic N) is 2. The summed E-state index contributed by atoms with van der Waals surface area (Å²) in [4.78, 5) is 32.7. The topological polar surface area (TPSA) is 67.8 Å². The number of thiazole rings is 1. The molecular formula is C21H19FN3O3S+. The second-order valence-electron chi connectivity index (χ2n) is 6.98. The maximum Gasteiger partial charge on any atom is 0.349 e. The van der Waals surface area contributed by atoms with Gasteiger partial charge in [-0.2, -0.15) is 0 Å². The number of hydrogen-bond acceptors (Lipinski definition) is 5. The number of rotatable bonds is 5. The predicted octanol–water partition coefficient (Wildman–Crippen LogP) is 2.33. The molecule has 0 atom stereocenters. The fraction of sp³-hybridized carbons (Fsp3) is 0.190. The molecule has 2 aromatic carbocycles. The first-order valence-electron chi connectivity index (χ1n) is 9.13. The van der Waals surface area contributed by atoms with Gasteiger partial charge in [-0.05, 0) is 24.3 Å². The molecule has 0 saturated carbocycles. The highest BCUT2D eigenvalue weighted by Gasteiger charge is 2.26. The Balaban J connectivity index is 1.80. The summed E-state index contributed by atoms with van der Waals surface area (Å²) >= 11 is 1.22. The Morgan fingerprint density at radius 2 is 2.00 bits per heavy atom. The molecule has 1 N–H and O–H groups in total. The molecular weight excluding hydrogens is 393 g/mol. The van der Waals surface area contributed by atoms with Crippen molar-refractivity contribution in [1.82, 2.24) is 4.98 Å². The van der Waals surface area contributed by atoms with Gasteiger partial charge in [0.25, 0.3) is 5.91 Å². The van der Waals surface area contributed by atoms with Crippen LogP contribution in [0.15, 0.2) is 57.7 Å². The minimum absolute atomic E-state index is 0.0721. The second-order valence-corrected chi connectivity index (χ2v) is 7.99. The number of nitrogens with one attached hydrogen (secondary N) is 1. The van der Waals surface area contributed by atoms with Crippen molar-refractivity contribution in [3.8, 4) is 0 Å². The molecule has 8 heteroatoms. The lowest BCUT2D eigenvalue weighted by atomic mass is 10.1. The van der Waals surface area contributed by atoms with Crippen LogP contribution in [0.25, 0.3) is 21.2 Å². The number of likely N-dealkylation sites (N-methyl/N-ethyl adjacent to an activating group) is 1. The quantitative estimate of drug-likeness (QED) is 0.511. The fourth-order valence-corrected chi connectivity index (χ4v) is 4.00. The van der Waals surface area contributed by atoms with Gasteiger partial charge in [0.15, 0.2) is 5.13 Å². The average molecular weight is 412 g/mol. The molecule has 0 unspecified atom stereocenters. The number of carbonyl (C=O) groups excluding carboxylic acids is 1. The van der Waals surface area contributed by atoms with E-state index in [4.69, 9.17) is 4.42 Å². The number of carbonyl (C=O) groups is 1. The summed E-state index contributed by atoms with van der Waals surface area (Å²) in [6.07, 6.45) is 0. The van der Waals surface area contributed by atoms with Gasteiger partial charge in [-0.1, -0.05) is 35.6 Å². The van der Waals surface area contributed by atoms with Crippen molar-refractivity contribution in [1.29, 1.82) is 0 Å². The number of quaternary nitrogens is 1. The molecule has 0 radical (unpaired) electrons. The van der Waals surface area contributed by atoms with Crippen LogP contribution in [-0.4, -0.2) is 38.1 Å². The molecule has 0 spiro atoms. The van der Waals surface area contributed by atoms with Gasteiger partial charge < -0.3 is 9.32 Å². The molecule has 0 aliphatic heterocycles. The van der Waals surface area contributed by atoms with Gasteiger partial charge >= 0.3 is 5.63 Å². The van der Waals surface area contributed by atoms with E-state index in [0.717, 1.165) is 4.90 Å². The highest BCUT2D eigenvalue weighted by atomic mass is 32.1. The third-order valence-electron chi connectivity index (χ3n) is 4.54. The summed E-state index contributed by atoms with van der Waals surface area (Å²) in [5.74, 6) is -0.953. The van der Waals surface area contributed by atoms with E-state index >= 15 is 0 Å². The van der Waals surface area contributed by atoms with Crippen molar-refractivity contribution in [2.24, 2.45) is 0 Å². The predicted molar refractivity (Wildman–Crippen MR) is 111 cm³/mol.